The molecule has 19 heteroatoms. The van der Waals surface area contributed by atoms with Crippen LogP contribution in [0.2, 0.25) is 0 Å². The van der Waals surface area contributed by atoms with Crippen LogP contribution in [0.25, 0.3) is 0 Å². The molecule has 0 aromatic carbocycles. The maximum Gasteiger partial charge on any atom is 0.472 e. The van der Waals surface area contributed by atoms with Crippen molar-refractivity contribution in [3.8, 4) is 0 Å². The Morgan fingerprint density at radius 2 is 0.565 bits per heavy atom. The molecule has 0 spiro atoms. The van der Waals surface area contributed by atoms with E-state index in [1.165, 1.54) is 116 Å². The average molecular weight is 1260 g/mol. The number of esters is 4. The Hall–Kier alpha value is -1.94. The average Bonchev–Trinajstić information content (AvgIpc) is 3.51. The lowest BCUT2D eigenvalue weighted by Gasteiger charge is -2.21. The molecule has 0 aliphatic heterocycles. The molecule has 0 heterocycles. The van der Waals surface area contributed by atoms with Crippen molar-refractivity contribution in [1.82, 2.24) is 0 Å². The molecule has 85 heavy (non-hydrogen) atoms. The van der Waals surface area contributed by atoms with E-state index in [9.17, 15) is 43.2 Å². The number of aliphatic hydroxyl groups is 1. The van der Waals surface area contributed by atoms with E-state index in [0.29, 0.717) is 37.5 Å². The Bertz CT molecular complexity index is 1700. The summed E-state index contributed by atoms with van der Waals surface area (Å²) in [5, 5.41) is 10.5. The van der Waals surface area contributed by atoms with E-state index in [0.717, 1.165) is 108 Å². The second kappa shape index (κ2) is 56.1. The Kier molecular flexibility index (Phi) is 54.8. The summed E-state index contributed by atoms with van der Waals surface area (Å²) in [5.74, 6) is 0.790. The van der Waals surface area contributed by atoms with Crippen LogP contribution in [0.5, 0.6) is 0 Å². The number of phosphoric ester groups is 2. The zero-order valence-electron chi connectivity index (χ0n) is 55.2. The third kappa shape index (κ3) is 59.5. The van der Waals surface area contributed by atoms with E-state index in [1.807, 2.05) is 0 Å². The van der Waals surface area contributed by atoms with Crippen LogP contribution < -0.4 is 0 Å². The van der Waals surface area contributed by atoms with Crippen molar-refractivity contribution in [1.29, 1.82) is 0 Å². The standard InChI is InChI=1S/C66H128O17P2/c1-9-59(8)45-37-29-21-14-15-23-32-40-48-65(70)82-61(53-77-64(69)47-39-31-24-16-19-27-35-43-57(4)5)54-80-84(72,73)78-50-60(67)51-79-85(74,75)81-55-62(83-66(71)49-41-33-25-17-20-28-36-44-58(6)7)52-76-63(68)46-38-30-22-13-11-10-12-18-26-34-42-56(2)3/h56-62,67H,9-55H2,1-8H3,(H,72,73)(H,74,75)/t59?,60?,61-,62-/m1/s1. The van der Waals surface area contributed by atoms with Gasteiger partial charge in [-0.3, -0.25) is 37.3 Å². The summed E-state index contributed by atoms with van der Waals surface area (Å²) in [7, 11) is -9.89. The van der Waals surface area contributed by atoms with Gasteiger partial charge >= 0.3 is 39.5 Å². The van der Waals surface area contributed by atoms with Gasteiger partial charge in [-0.05, 0) is 49.4 Å². The molecule has 0 aliphatic carbocycles. The Balaban J connectivity index is 5.25. The van der Waals surface area contributed by atoms with Crippen molar-refractivity contribution in [3.05, 3.63) is 0 Å². The summed E-state index contributed by atoms with van der Waals surface area (Å²) in [5.41, 5.74) is 0. The Morgan fingerprint density at radius 1 is 0.329 bits per heavy atom. The van der Waals surface area contributed by atoms with Crippen LogP contribution >= 0.6 is 15.6 Å². The van der Waals surface area contributed by atoms with E-state index in [2.05, 4.69) is 55.4 Å². The third-order valence-electron chi connectivity index (χ3n) is 15.4. The van der Waals surface area contributed by atoms with Gasteiger partial charge in [-0.2, -0.15) is 0 Å². The molecular weight excluding hydrogens is 1130 g/mol. The van der Waals surface area contributed by atoms with Gasteiger partial charge in [0.2, 0.25) is 0 Å². The van der Waals surface area contributed by atoms with Crippen molar-refractivity contribution in [2.24, 2.45) is 23.7 Å². The van der Waals surface area contributed by atoms with Gasteiger partial charge in [0.15, 0.2) is 12.2 Å². The number of ether oxygens (including phenoxy) is 4. The first kappa shape index (κ1) is 83.1. The molecule has 3 N–H and O–H groups in total. The first-order chi connectivity index (χ1) is 40.6. The second-order valence-corrected chi connectivity index (χ2v) is 28.4. The molecule has 0 aromatic heterocycles. The zero-order valence-corrected chi connectivity index (χ0v) is 57.0. The first-order valence-corrected chi connectivity index (χ1v) is 37.2. The number of phosphoric acid groups is 2. The predicted octanol–water partition coefficient (Wildman–Crippen LogP) is 18.1. The van der Waals surface area contributed by atoms with Gasteiger partial charge in [-0.15, -0.1) is 0 Å². The molecule has 0 radical (unpaired) electrons. The molecule has 0 amide bonds. The largest absolute Gasteiger partial charge is 0.472 e. The van der Waals surface area contributed by atoms with Gasteiger partial charge in [0.05, 0.1) is 26.4 Å². The number of aliphatic hydroxyl groups excluding tert-OH is 1. The first-order valence-electron chi connectivity index (χ1n) is 34.2. The number of hydrogen-bond acceptors (Lipinski definition) is 15. The topological polar surface area (TPSA) is 237 Å². The van der Waals surface area contributed by atoms with Gasteiger partial charge in [-0.1, -0.05) is 267 Å². The zero-order chi connectivity index (χ0) is 63.2. The summed E-state index contributed by atoms with van der Waals surface area (Å²) in [6.07, 6.45) is 36.3. The lowest BCUT2D eigenvalue weighted by molar-refractivity contribution is -0.161. The van der Waals surface area contributed by atoms with Crippen molar-refractivity contribution < 1.29 is 80.2 Å². The summed E-state index contributed by atoms with van der Waals surface area (Å²) >= 11 is 0. The molecular formula is C66H128O17P2. The van der Waals surface area contributed by atoms with E-state index < -0.39 is 97.5 Å². The fourth-order valence-electron chi connectivity index (χ4n) is 9.75. The third-order valence-corrected chi connectivity index (χ3v) is 17.3. The number of carbonyl (C=O) groups excluding carboxylic acids is 4. The van der Waals surface area contributed by atoms with Crippen molar-refractivity contribution in [2.45, 2.75) is 337 Å². The molecule has 0 aromatic rings. The fraction of sp³-hybridized carbons (Fsp3) is 0.939. The number of carbonyl (C=O) groups is 4. The Labute approximate surface area is 517 Å². The molecule has 0 saturated heterocycles. The molecule has 17 nitrogen and oxygen atoms in total. The van der Waals surface area contributed by atoms with Gasteiger partial charge in [-0.25, -0.2) is 9.13 Å². The number of unbranched alkanes of at least 4 members (excludes halogenated alkanes) is 28. The van der Waals surface area contributed by atoms with Gasteiger partial charge in [0.25, 0.3) is 0 Å². The minimum Gasteiger partial charge on any atom is -0.462 e. The van der Waals surface area contributed by atoms with Crippen molar-refractivity contribution in [2.75, 3.05) is 39.6 Å². The van der Waals surface area contributed by atoms with Gasteiger partial charge in [0, 0.05) is 25.7 Å². The van der Waals surface area contributed by atoms with E-state index in [1.54, 1.807) is 0 Å². The monoisotopic (exact) mass is 1250 g/mol. The van der Waals surface area contributed by atoms with Crippen LogP contribution in [-0.2, 0) is 65.4 Å². The molecule has 0 fully saturated rings. The SMILES string of the molecule is CCC(C)CCCCCCCCCCC(=O)O[C@H](COC(=O)CCCCCCCCCC(C)C)COP(=O)(O)OCC(O)COP(=O)(O)OC[C@@H](COC(=O)CCCCCCCCCCCCC(C)C)OC(=O)CCCCCCCCCC(C)C. The molecule has 504 valence electrons. The number of hydrogen-bond donors (Lipinski definition) is 3. The molecule has 0 bridgehead atoms. The summed E-state index contributed by atoms with van der Waals surface area (Å²) in [6.45, 7) is 14.0. The van der Waals surface area contributed by atoms with Crippen molar-refractivity contribution >= 4 is 39.5 Å². The van der Waals surface area contributed by atoms with Crippen LogP contribution in [0.1, 0.15) is 319 Å². The maximum absolute atomic E-state index is 13.0. The predicted molar refractivity (Wildman–Crippen MR) is 340 cm³/mol. The maximum atomic E-state index is 13.0. The van der Waals surface area contributed by atoms with Crippen LogP contribution in [0.15, 0.2) is 0 Å². The highest BCUT2D eigenvalue weighted by molar-refractivity contribution is 7.47. The van der Waals surface area contributed by atoms with Crippen LogP contribution in [-0.4, -0.2) is 96.7 Å². The van der Waals surface area contributed by atoms with Crippen molar-refractivity contribution in [3.63, 3.8) is 0 Å². The summed E-state index contributed by atoms with van der Waals surface area (Å²) < 4.78 is 68.1. The van der Waals surface area contributed by atoms with Gasteiger partial charge < -0.3 is 33.8 Å². The highest BCUT2D eigenvalue weighted by Crippen LogP contribution is 2.45. The smallest absolute Gasteiger partial charge is 0.462 e. The molecule has 6 atom stereocenters. The van der Waals surface area contributed by atoms with Crippen LogP contribution in [0.3, 0.4) is 0 Å². The van der Waals surface area contributed by atoms with E-state index in [4.69, 9.17) is 37.0 Å². The highest BCUT2D eigenvalue weighted by atomic mass is 31.2. The van der Waals surface area contributed by atoms with Crippen LogP contribution in [0.4, 0.5) is 0 Å². The highest BCUT2D eigenvalue weighted by Gasteiger charge is 2.30. The second-order valence-electron chi connectivity index (χ2n) is 25.5. The summed E-state index contributed by atoms with van der Waals surface area (Å²) in [4.78, 5) is 72.3. The fourth-order valence-corrected chi connectivity index (χ4v) is 11.3. The molecule has 0 aliphatic rings. The van der Waals surface area contributed by atoms with E-state index in [-0.39, 0.29) is 25.7 Å². The lowest BCUT2D eigenvalue weighted by atomic mass is 9.99. The minimum absolute atomic E-state index is 0.102. The van der Waals surface area contributed by atoms with E-state index >= 15 is 0 Å². The normalized spacial score (nSPS) is 14.7. The molecule has 4 unspecified atom stereocenters. The Morgan fingerprint density at radius 3 is 0.835 bits per heavy atom. The van der Waals surface area contributed by atoms with Crippen LogP contribution in [0, 0.1) is 23.7 Å². The molecule has 0 rings (SSSR count). The summed E-state index contributed by atoms with van der Waals surface area (Å²) in [6, 6.07) is 0. The minimum atomic E-state index is -4.95. The molecule has 0 saturated carbocycles. The quantitative estimate of drug-likeness (QED) is 0.0222. The number of rotatable bonds is 63. The van der Waals surface area contributed by atoms with Gasteiger partial charge in [0.1, 0.15) is 19.3 Å². The lowest BCUT2D eigenvalue weighted by Crippen LogP contribution is -2.30.